The first-order valence-electron chi connectivity index (χ1n) is 17.0. The highest BCUT2D eigenvalue weighted by Crippen LogP contribution is 2.44. The lowest BCUT2D eigenvalue weighted by Gasteiger charge is -2.31. The Morgan fingerprint density at radius 3 is 1.27 bits per heavy atom. The molecule has 2 aromatic carbocycles. The van der Waals surface area contributed by atoms with E-state index in [2.05, 4.69) is 52.3 Å². The van der Waals surface area contributed by atoms with E-state index in [0.29, 0.717) is 30.4 Å². The van der Waals surface area contributed by atoms with Gasteiger partial charge in [-0.3, -0.25) is 9.59 Å². The minimum atomic E-state index is -0.323. The van der Waals surface area contributed by atoms with Crippen LogP contribution in [0.5, 0.6) is 0 Å². The van der Waals surface area contributed by atoms with E-state index in [1.165, 1.54) is 0 Å². The topological polar surface area (TPSA) is 83.6 Å². The van der Waals surface area contributed by atoms with Crippen molar-refractivity contribution in [3.8, 4) is 11.1 Å². The number of carbonyl (C=O) groups is 2. The molecule has 4 rings (SSSR count). The second-order valence-corrected chi connectivity index (χ2v) is 19.7. The average molecular weight is 870 g/mol. The molecule has 0 aliphatic heterocycles. The molecule has 0 bridgehead atoms. The minimum absolute atomic E-state index is 0.0628. The van der Waals surface area contributed by atoms with Crippen molar-refractivity contribution in [2.45, 2.75) is 83.1 Å². The Hall–Kier alpha value is -3.04. The van der Waals surface area contributed by atoms with Crippen LogP contribution in [0.15, 0.2) is 124 Å². The molecule has 0 aromatic heterocycles. The highest BCUT2D eigenvalue weighted by Gasteiger charge is 2.35. The van der Waals surface area contributed by atoms with Crippen LogP contribution in [0.3, 0.4) is 0 Å². The fourth-order valence-electron chi connectivity index (χ4n) is 5.63. The third-order valence-corrected chi connectivity index (χ3v) is 10.5. The van der Waals surface area contributed by atoms with Gasteiger partial charge in [-0.25, -0.2) is 0 Å². The Morgan fingerprint density at radius 2 is 0.885 bits per heavy atom. The Morgan fingerprint density at radius 1 is 0.500 bits per heavy atom. The summed E-state index contributed by atoms with van der Waals surface area (Å²) in [5.41, 5.74) is 5.74. The van der Waals surface area contributed by atoms with Crippen molar-refractivity contribution in [3.63, 3.8) is 0 Å². The number of ketones is 2. The molecule has 0 radical (unpaired) electrons. The van der Waals surface area contributed by atoms with Gasteiger partial charge in [0.1, 0.15) is 11.4 Å². The number of Topliss-reactive ketones (excluding diaryl/α,β-unsaturated/α-hetero) is 2. The molecular weight excluding hydrogens is 823 g/mol. The maximum absolute atomic E-state index is 13.3. The lowest BCUT2D eigenvalue weighted by Crippen LogP contribution is -2.27. The predicted octanol–water partition coefficient (Wildman–Crippen LogP) is 15.2. The number of benzene rings is 2. The number of hydrogen-bond donors (Lipinski definition) is 0. The Kier molecular flexibility index (Phi) is 12.3. The summed E-state index contributed by atoms with van der Waals surface area (Å²) in [6.07, 6.45) is 10.9. The molecule has 0 saturated heterocycles. The van der Waals surface area contributed by atoms with Gasteiger partial charge >= 0.3 is 0 Å². The largest absolute Gasteiger partial charge is 0.289 e. The third kappa shape index (κ3) is 9.73. The van der Waals surface area contributed by atoms with E-state index in [1.807, 2.05) is 113 Å². The van der Waals surface area contributed by atoms with Crippen molar-refractivity contribution in [1.29, 1.82) is 0 Å². The van der Waals surface area contributed by atoms with Crippen molar-refractivity contribution < 1.29 is 9.59 Å². The van der Waals surface area contributed by atoms with E-state index >= 15 is 0 Å². The summed E-state index contributed by atoms with van der Waals surface area (Å²) in [6, 6.07) is 7.16. The van der Waals surface area contributed by atoms with Gasteiger partial charge < -0.3 is 0 Å². The number of halogens is 4. The SMILES string of the molecule is CC(C)(C)C1=CC(=C/N=N/c2cc(Br)c(-c3cc(Br)c(/N=N/C=C4C=C(C(C)(C)C)C(=O)C(C(C)(C)C)=C4)cc3Cl)cc2Cl)C=C(C(C)(C)C)C1=O. The van der Waals surface area contributed by atoms with Crippen LogP contribution in [-0.2, 0) is 9.59 Å². The van der Waals surface area contributed by atoms with Crippen molar-refractivity contribution in [1.82, 2.24) is 0 Å². The minimum Gasteiger partial charge on any atom is -0.289 e. The van der Waals surface area contributed by atoms with E-state index in [-0.39, 0.29) is 33.2 Å². The van der Waals surface area contributed by atoms with Crippen LogP contribution in [0, 0.1) is 21.7 Å². The van der Waals surface area contributed by atoms with Crippen LogP contribution >= 0.6 is 55.1 Å². The van der Waals surface area contributed by atoms with Crippen molar-refractivity contribution in [2.75, 3.05) is 0 Å². The molecule has 0 heterocycles. The van der Waals surface area contributed by atoms with E-state index < -0.39 is 0 Å². The van der Waals surface area contributed by atoms with Crippen LogP contribution in [0.4, 0.5) is 11.4 Å². The molecule has 6 nitrogen and oxygen atoms in total. The van der Waals surface area contributed by atoms with Crippen LogP contribution in [0.1, 0.15) is 83.1 Å². The smallest absolute Gasteiger partial charge is 0.186 e. The number of nitrogens with zero attached hydrogens (tertiary/aromatic N) is 4. The van der Waals surface area contributed by atoms with Crippen molar-refractivity contribution in [2.24, 2.45) is 42.1 Å². The quantitative estimate of drug-likeness (QED) is 0.280. The second kappa shape index (κ2) is 15.4. The number of allylic oxidation sites excluding steroid dienone is 10. The summed E-state index contributed by atoms with van der Waals surface area (Å²) in [7, 11) is 0. The van der Waals surface area contributed by atoms with Gasteiger partial charge in [0.05, 0.1) is 22.4 Å². The maximum atomic E-state index is 13.3. The molecule has 10 heteroatoms. The Labute approximate surface area is 335 Å². The Bertz CT molecular complexity index is 1870. The molecule has 2 aromatic rings. The number of rotatable bonds is 5. The fraction of sp³-hybridized carbons (Fsp3) is 0.381. The molecule has 0 unspecified atom stereocenters. The molecule has 0 N–H and O–H groups in total. The lowest BCUT2D eigenvalue weighted by molar-refractivity contribution is -0.114. The highest BCUT2D eigenvalue weighted by atomic mass is 79.9. The van der Waals surface area contributed by atoms with Crippen LogP contribution in [0.25, 0.3) is 11.1 Å². The van der Waals surface area contributed by atoms with E-state index in [1.54, 1.807) is 30.6 Å². The normalized spacial score (nSPS) is 16.4. The van der Waals surface area contributed by atoms with Gasteiger partial charge in [0.25, 0.3) is 0 Å². The second-order valence-electron chi connectivity index (χ2n) is 17.1. The van der Waals surface area contributed by atoms with Crippen LogP contribution in [0.2, 0.25) is 10.0 Å². The van der Waals surface area contributed by atoms with Gasteiger partial charge in [0, 0.05) is 36.8 Å². The summed E-state index contributed by atoms with van der Waals surface area (Å²) in [5.74, 6) is 0.129. The van der Waals surface area contributed by atoms with Crippen molar-refractivity contribution >= 4 is 78.0 Å². The average Bonchev–Trinajstić information content (AvgIpc) is 2.99. The standard InChI is InChI=1S/C42H46Br2Cl2N4O2/c1-39(2,3)27-13-23(14-28(37(27)51)40(4,5)6)21-47-49-35-20-33(45)26(17-32(35)44)25-18-34(46)36(19-31(25)43)50-48-22-24-15-29(41(7,8)9)38(52)30(16-24)42(10,11)12/h13-22H,1-12H3/b49-47+,50-48+. The van der Waals surface area contributed by atoms with Gasteiger partial charge in [-0.2, -0.15) is 10.2 Å². The molecule has 2 aliphatic carbocycles. The summed E-state index contributed by atoms with van der Waals surface area (Å²) in [5, 5.41) is 18.4. The summed E-state index contributed by atoms with van der Waals surface area (Å²) < 4.78 is 1.40. The van der Waals surface area contributed by atoms with Crippen LogP contribution in [-0.4, -0.2) is 11.6 Å². The molecule has 52 heavy (non-hydrogen) atoms. The molecule has 274 valence electrons. The van der Waals surface area contributed by atoms with Gasteiger partial charge in [-0.15, -0.1) is 10.2 Å². The number of carbonyl (C=O) groups excluding carboxylic acids is 2. The van der Waals surface area contributed by atoms with Gasteiger partial charge in [-0.1, -0.05) is 122 Å². The lowest BCUT2D eigenvalue weighted by atomic mass is 9.72. The molecular formula is C42H46Br2Cl2N4O2. The van der Waals surface area contributed by atoms with Crippen LogP contribution < -0.4 is 0 Å². The fourth-order valence-corrected chi connectivity index (χ4v) is 7.06. The monoisotopic (exact) mass is 866 g/mol. The van der Waals surface area contributed by atoms with E-state index in [4.69, 9.17) is 23.2 Å². The number of azo groups is 2. The predicted molar refractivity (Wildman–Crippen MR) is 223 cm³/mol. The zero-order valence-corrected chi connectivity index (χ0v) is 36.6. The van der Waals surface area contributed by atoms with Gasteiger partial charge in [0.15, 0.2) is 11.6 Å². The summed E-state index contributed by atoms with van der Waals surface area (Å²) in [6.45, 7) is 24.4. The zero-order valence-electron chi connectivity index (χ0n) is 31.9. The number of hydrogen-bond acceptors (Lipinski definition) is 6. The molecule has 0 amide bonds. The molecule has 2 aliphatic rings. The van der Waals surface area contributed by atoms with E-state index in [0.717, 1.165) is 44.6 Å². The van der Waals surface area contributed by atoms with Gasteiger partial charge in [0.2, 0.25) is 0 Å². The zero-order chi connectivity index (χ0) is 39.1. The molecule has 0 fully saturated rings. The highest BCUT2D eigenvalue weighted by molar-refractivity contribution is 9.11. The first-order chi connectivity index (χ1) is 23.8. The maximum Gasteiger partial charge on any atom is 0.186 e. The van der Waals surface area contributed by atoms with Crippen molar-refractivity contribution in [3.05, 3.63) is 113 Å². The molecule has 0 saturated carbocycles. The Balaban J connectivity index is 1.63. The first kappa shape index (κ1) is 41.7. The summed E-state index contributed by atoms with van der Waals surface area (Å²) in [4.78, 5) is 26.5. The van der Waals surface area contributed by atoms with E-state index in [9.17, 15) is 9.59 Å². The van der Waals surface area contributed by atoms with Gasteiger partial charge in [-0.05, 0) is 103 Å². The third-order valence-electron chi connectivity index (χ3n) is 8.56. The molecule has 0 spiro atoms. The summed E-state index contributed by atoms with van der Waals surface area (Å²) >= 11 is 20.8. The first-order valence-corrected chi connectivity index (χ1v) is 19.3. The molecule has 0 atom stereocenters.